The Kier molecular flexibility index (Phi) is 6.02. The van der Waals surface area contributed by atoms with Crippen LogP contribution in [0.1, 0.15) is 27.5 Å². The van der Waals surface area contributed by atoms with Gasteiger partial charge in [0.15, 0.2) is 0 Å². The molecule has 0 amide bonds. The lowest BCUT2D eigenvalue weighted by atomic mass is 9.90. The Hall–Kier alpha value is -2.89. The number of ether oxygens (including phenoxy) is 1. The van der Waals surface area contributed by atoms with Gasteiger partial charge in [-0.05, 0) is 17.2 Å². The Balaban J connectivity index is 1.41. The van der Waals surface area contributed by atoms with E-state index in [0.29, 0.717) is 6.61 Å². The van der Waals surface area contributed by atoms with Crippen LogP contribution in [-0.4, -0.2) is 35.7 Å². The number of hydrogen-bond donors (Lipinski definition) is 1. The summed E-state index contributed by atoms with van der Waals surface area (Å²) in [4.78, 5) is 13.4. The largest absolute Gasteiger partial charge is 0.492 e. The SMILES string of the molecule is O=C(O)c1cc(Cl)c(OCC2CN(C(c3ccccc3)c3ccccc3)C2)cc1F. The highest BCUT2D eigenvalue weighted by molar-refractivity contribution is 6.32. The monoisotopic (exact) mass is 425 g/mol. The zero-order valence-electron chi connectivity index (χ0n) is 16.2. The lowest BCUT2D eigenvalue weighted by Crippen LogP contribution is -2.50. The zero-order chi connectivity index (χ0) is 21.1. The summed E-state index contributed by atoms with van der Waals surface area (Å²) in [7, 11) is 0. The molecule has 4 nitrogen and oxygen atoms in total. The molecule has 1 saturated heterocycles. The van der Waals surface area contributed by atoms with Crippen LogP contribution in [0.4, 0.5) is 4.39 Å². The van der Waals surface area contributed by atoms with E-state index in [2.05, 4.69) is 29.2 Å². The maximum atomic E-state index is 13.9. The van der Waals surface area contributed by atoms with Gasteiger partial charge in [-0.1, -0.05) is 72.3 Å². The van der Waals surface area contributed by atoms with Crippen LogP contribution >= 0.6 is 11.6 Å². The lowest BCUT2D eigenvalue weighted by molar-refractivity contribution is 0.0378. The molecule has 6 heteroatoms. The molecule has 154 valence electrons. The number of rotatable bonds is 7. The second-order valence-electron chi connectivity index (χ2n) is 7.42. The van der Waals surface area contributed by atoms with Crippen LogP contribution in [0.2, 0.25) is 5.02 Å². The molecule has 0 bridgehead atoms. The van der Waals surface area contributed by atoms with Crippen molar-refractivity contribution in [2.75, 3.05) is 19.7 Å². The summed E-state index contributed by atoms with van der Waals surface area (Å²) in [6, 6.07) is 23.0. The molecule has 0 unspecified atom stereocenters. The van der Waals surface area contributed by atoms with Gasteiger partial charge in [0.05, 0.1) is 23.2 Å². The van der Waals surface area contributed by atoms with Gasteiger partial charge in [-0.2, -0.15) is 0 Å². The van der Waals surface area contributed by atoms with Gasteiger partial charge in [-0.15, -0.1) is 0 Å². The fourth-order valence-electron chi connectivity index (χ4n) is 3.82. The molecule has 1 heterocycles. The first-order chi connectivity index (χ1) is 14.5. The Bertz CT molecular complexity index is 984. The molecule has 0 atom stereocenters. The minimum atomic E-state index is -1.36. The summed E-state index contributed by atoms with van der Waals surface area (Å²) in [6.07, 6.45) is 0. The summed E-state index contributed by atoms with van der Waals surface area (Å²) >= 11 is 6.06. The standard InChI is InChI=1S/C24H21ClFNO3/c25-20-11-19(24(28)29)21(26)12-22(20)30-15-16-13-27(14-16)23(17-7-3-1-4-8-17)18-9-5-2-6-10-18/h1-12,16,23H,13-15H2,(H,28,29). The smallest absolute Gasteiger partial charge is 0.338 e. The van der Waals surface area contributed by atoms with Gasteiger partial charge in [0.25, 0.3) is 0 Å². The maximum Gasteiger partial charge on any atom is 0.338 e. The number of benzene rings is 3. The van der Waals surface area contributed by atoms with Crippen molar-refractivity contribution in [3.63, 3.8) is 0 Å². The van der Waals surface area contributed by atoms with Gasteiger partial charge in [-0.3, -0.25) is 4.90 Å². The fourth-order valence-corrected chi connectivity index (χ4v) is 4.04. The van der Waals surface area contributed by atoms with Crippen molar-refractivity contribution in [2.45, 2.75) is 6.04 Å². The van der Waals surface area contributed by atoms with Gasteiger partial charge in [0.1, 0.15) is 11.6 Å². The van der Waals surface area contributed by atoms with Crippen molar-refractivity contribution in [3.05, 3.63) is 100 Å². The van der Waals surface area contributed by atoms with E-state index in [-0.39, 0.29) is 22.7 Å². The van der Waals surface area contributed by atoms with Crippen LogP contribution in [0.5, 0.6) is 5.75 Å². The zero-order valence-corrected chi connectivity index (χ0v) is 16.9. The average molecular weight is 426 g/mol. The Morgan fingerprint density at radius 1 is 1.07 bits per heavy atom. The number of carboxylic acids is 1. The predicted octanol–water partition coefficient (Wildman–Crippen LogP) is 5.28. The summed E-state index contributed by atoms with van der Waals surface area (Å²) in [5, 5.41) is 9.06. The van der Waals surface area contributed by atoms with Crippen LogP contribution < -0.4 is 4.74 Å². The van der Waals surface area contributed by atoms with E-state index in [0.717, 1.165) is 25.2 Å². The predicted molar refractivity (Wildman–Crippen MR) is 114 cm³/mol. The number of likely N-dealkylation sites (tertiary alicyclic amines) is 1. The van der Waals surface area contributed by atoms with Crippen LogP contribution in [0.3, 0.4) is 0 Å². The van der Waals surface area contributed by atoms with E-state index in [1.807, 2.05) is 36.4 Å². The summed E-state index contributed by atoms with van der Waals surface area (Å²) in [5.41, 5.74) is 2.01. The first-order valence-electron chi connectivity index (χ1n) is 9.72. The molecule has 1 aliphatic heterocycles. The molecule has 3 aromatic rings. The van der Waals surface area contributed by atoms with Crippen molar-refractivity contribution in [1.82, 2.24) is 4.90 Å². The highest BCUT2D eigenvalue weighted by Crippen LogP contribution is 2.35. The van der Waals surface area contributed by atoms with E-state index in [1.54, 1.807) is 0 Å². The number of nitrogens with zero attached hydrogens (tertiary/aromatic N) is 1. The van der Waals surface area contributed by atoms with Gasteiger partial charge < -0.3 is 9.84 Å². The summed E-state index contributed by atoms with van der Waals surface area (Å²) in [5.74, 6) is -1.77. The van der Waals surface area contributed by atoms with Crippen molar-refractivity contribution < 1.29 is 19.0 Å². The molecule has 0 saturated carbocycles. The Morgan fingerprint density at radius 2 is 1.63 bits per heavy atom. The van der Waals surface area contributed by atoms with Gasteiger partial charge in [-0.25, -0.2) is 9.18 Å². The van der Waals surface area contributed by atoms with Gasteiger partial charge in [0, 0.05) is 25.1 Å². The third kappa shape index (κ3) is 4.32. The molecule has 1 aliphatic rings. The number of carboxylic acid groups (broad SMARTS) is 1. The van der Waals surface area contributed by atoms with Gasteiger partial charge >= 0.3 is 5.97 Å². The number of hydrogen-bond acceptors (Lipinski definition) is 3. The van der Waals surface area contributed by atoms with Crippen molar-refractivity contribution in [3.8, 4) is 5.75 Å². The van der Waals surface area contributed by atoms with Crippen molar-refractivity contribution in [2.24, 2.45) is 5.92 Å². The molecule has 0 spiro atoms. The summed E-state index contributed by atoms with van der Waals surface area (Å²) < 4.78 is 19.6. The molecule has 1 fully saturated rings. The third-order valence-electron chi connectivity index (χ3n) is 5.31. The topological polar surface area (TPSA) is 49.8 Å². The molecule has 4 rings (SSSR count). The number of halogens is 2. The minimum Gasteiger partial charge on any atom is -0.492 e. The van der Waals surface area contributed by atoms with E-state index in [9.17, 15) is 9.18 Å². The first-order valence-corrected chi connectivity index (χ1v) is 10.1. The average Bonchev–Trinajstić information content (AvgIpc) is 2.72. The second-order valence-corrected chi connectivity index (χ2v) is 7.83. The van der Waals surface area contributed by atoms with E-state index in [4.69, 9.17) is 21.4 Å². The third-order valence-corrected chi connectivity index (χ3v) is 5.60. The van der Waals surface area contributed by atoms with Crippen LogP contribution in [0.15, 0.2) is 72.8 Å². The minimum absolute atomic E-state index is 0.0939. The highest BCUT2D eigenvalue weighted by atomic mass is 35.5. The van der Waals surface area contributed by atoms with Crippen molar-refractivity contribution in [1.29, 1.82) is 0 Å². The summed E-state index contributed by atoms with van der Waals surface area (Å²) in [6.45, 7) is 2.06. The van der Waals surface area contributed by atoms with Crippen LogP contribution in [-0.2, 0) is 0 Å². The molecule has 0 radical (unpaired) electrons. The second kappa shape index (κ2) is 8.86. The van der Waals surface area contributed by atoms with E-state index < -0.39 is 17.3 Å². The quantitative estimate of drug-likeness (QED) is 0.559. The van der Waals surface area contributed by atoms with E-state index in [1.165, 1.54) is 11.1 Å². The molecule has 30 heavy (non-hydrogen) atoms. The Morgan fingerprint density at radius 3 is 2.17 bits per heavy atom. The lowest BCUT2D eigenvalue weighted by Gasteiger charge is -2.44. The van der Waals surface area contributed by atoms with Crippen LogP contribution in [0.25, 0.3) is 0 Å². The molecule has 0 aliphatic carbocycles. The molecule has 0 aromatic heterocycles. The van der Waals surface area contributed by atoms with Crippen LogP contribution in [0, 0.1) is 11.7 Å². The van der Waals surface area contributed by atoms with Crippen molar-refractivity contribution >= 4 is 17.6 Å². The first kappa shape index (κ1) is 20.4. The Labute approximate surface area is 179 Å². The molecule has 1 N–H and O–H groups in total. The van der Waals surface area contributed by atoms with Gasteiger partial charge in [0.2, 0.25) is 0 Å². The molecule has 3 aromatic carbocycles. The highest BCUT2D eigenvalue weighted by Gasteiger charge is 2.34. The maximum absolute atomic E-state index is 13.9. The molecular formula is C24H21ClFNO3. The normalized spacial score (nSPS) is 14.5. The number of carbonyl (C=O) groups is 1. The van der Waals surface area contributed by atoms with E-state index >= 15 is 0 Å². The molecular weight excluding hydrogens is 405 g/mol. The fraction of sp³-hybridized carbons (Fsp3) is 0.208. The number of aromatic carboxylic acids is 1.